The zero-order valence-corrected chi connectivity index (χ0v) is 9.47. The lowest BCUT2D eigenvalue weighted by Gasteiger charge is -2.01. The van der Waals surface area contributed by atoms with Crippen molar-refractivity contribution in [3.05, 3.63) is 34.9 Å². The molecule has 0 aliphatic heterocycles. The van der Waals surface area contributed by atoms with E-state index in [9.17, 15) is 0 Å². The fraction of sp³-hybridized carbons (Fsp3) is 0.222. The summed E-state index contributed by atoms with van der Waals surface area (Å²) in [5, 5.41) is 5.24. The summed E-state index contributed by atoms with van der Waals surface area (Å²) in [6.07, 6.45) is 0. The highest BCUT2D eigenvalue weighted by Gasteiger charge is 2.01. The smallest absolute Gasteiger partial charge is 0.106 e. The number of hydrogen-bond acceptors (Lipinski definition) is 2. The normalized spacial score (nSPS) is 11.5. The van der Waals surface area contributed by atoms with Crippen molar-refractivity contribution in [2.75, 3.05) is 12.4 Å². The Morgan fingerprint density at radius 3 is 2.54 bits per heavy atom. The molecule has 0 atom stereocenters. The van der Waals surface area contributed by atoms with Gasteiger partial charge in [0.1, 0.15) is 7.11 Å². The van der Waals surface area contributed by atoms with Crippen LogP contribution in [0.25, 0.3) is 0 Å². The molecule has 1 rings (SSSR count). The number of benzene rings is 1. The summed E-state index contributed by atoms with van der Waals surface area (Å²) in [4.78, 5) is 4.70. The standard InChI is InChI=1S/C9H9BrClNO/c1-13-12-9(6-10)7-2-4-8(11)5-3-7/h2-5H,6H2,1H3/b12-9+. The van der Waals surface area contributed by atoms with Crippen molar-refractivity contribution >= 4 is 33.2 Å². The molecule has 0 unspecified atom stereocenters. The maximum atomic E-state index is 5.75. The van der Waals surface area contributed by atoms with E-state index in [1.165, 1.54) is 7.11 Å². The van der Waals surface area contributed by atoms with Crippen LogP contribution in [-0.2, 0) is 4.84 Å². The van der Waals surface area contributed by atoms with Gasteiger partial charge in [-0.25, -0.2) is 0 Å². The fourth-order valence-electron chi connectivity index (χ4n) is 0.907. The van der Waals surface area contributed by atoms with E-state index < -0.39 is 0 Å². The summed E-state index contributed by atoms with van der Waals surface area (Å²) in [6.45, 7) is 0. The second-order valence-electron chi connectivity index (χ2n) is 2.36. The number of nitrogens with zero attached hydrogens (tertiary/aromatic N) is 1. The molecule has 4 heteroatoms. The molecule has 0 bridgehead atoms. The van der Waals surface area contributed by atoms with Gasteiger partial charge in [0.05, 0.1) is 5.71 Å². The maximum absolute atomic E-state index is 5.75. The van der Waals surface area contributed by atoms with Crippen molar-refractivity contribution in [3.8, 4) is 0 Å². The highest BCUT2D eigenvalue weighted by molar-refractivity contribution is 9.09. The third kappa shape index (κ3) is 3.01. The van der Waals surface area contributed by atoms with Crippen molar-refractivity contribution in [1.82, 2.24) is 0 Å². The Balaban J connectivity index is 2.92. The third-order valence-electron chi connectivity index (χ3n) is 1.51. The SMILES string of the molecule is CO/N=C(\CBr)c1ccc(Cl)cc1. The lowest BCUT2D eigenvalue weighted by atomic mass is 10.1. The molecule has 0 N–H and O–H groups in total. The summed E-state index contributed by atoms with van der Waals surface area (Å²) >= 11 is 9.08. The van der Waals surface area contributed by atoms with E-state index in [2.05, 4.69) is 21.1 Å². The lowest BCUT2D eigenvalue weighted by Crippen LogP contribution is -2.02. The van der Waals surface area contributed by atoms with E-state index >= 15 is 0 Å². The highest BCUT2D eigenvalue weighted by Crippen LogP contribution is 2.11. The lowest BCUT2D eigenvalue weighted by molar-refractivity contribution is 0.213. The van der Waals surface area contributed by atoms with Gasteiger partial charge in [0.25, 0.3) is 0 Å². The van der Waals surface area contributed by atoms with Crippen LogP contribution in [0.3, 0.4) is 0 Å². The molecule has 0 saturated heterocycles. The van der Waals surface area contributed by atoms with Crippen molar-refractivity contribution in [2.24, 2.45) is 5.16 Å². The average Bonchev–Trinajstić information content (AvgIpc) is 2.16. The molecular weight excluding hydrogens is 253 g/mol. The van der Waals surface area contributed by atoms with Gasteiger partial charge in [0, 0.05) is 15.9 Å². The second-order valence-corrected chi connectivity index (χ2v) is 3.36. The van der Waals surface area contributed by atoms with E-state index in [4.69, 9.17) is 16.4 Å². The van der Waals surface area contributed by atoms with Gasteiger partial charge in [0.2, 0.25) is 0 Å². The van der Waals surface area contributed by atoms with Crippen molar-refractivity contribution in [2.45, 2.75) is 0 Å². The quantitative estimate of drug-likeness (QED) is 0.466. The van der Waals surface area contributed by atoms with E-state index in [0.717, 1.165) is 16.3 Å². The van der Waals surface area contributed by atoms with Gasteiger partial charge in [-0.15, -0.1) is 0 Å². The summed E-state index contributed by atoms with van der Waals surface area (Å²) in [7, 11) is 1.53. The Morgan fingerprint density at radius 2 is 2.08 bits per heavy atom. The van der Waals surface area contributed by atoms with Crippen LogP contribution >= 0.6 is 27.5 Å². The van der Waals surface area contributed by atoms with Crippen LogP contribution in [0.1, 0.15) is 5.56 Å². The van der Waals surface area contributed by atoms with Crippen molar-refractivity contribution in [1.29, 1.82) is 0 Å². The number of alkyl halides is 1. The van der Waals surface area contributed by atoms with Gasteiger partial charge in [-0.3, -0.25) is 0 Å². The Kier molecular flexibility index (Phi) is 4.25. The zero-order chi connectivity index (χ0) is 9.68. The molecule has 0 amide bonds. The molecule has 0 heterocycles. The van der Waals surface area contributed by atoms with E-state index in [1.807, 2.05) is 24.3 Å². The summed E-state index contributed by atoms with van der Waals surface area (Å²) in [5.74, 6) is 0. The number of halogens is 2. The first kappa shape index (κ1) is 10.5. The number of rotatable bonds is 3. The topological polar surface area (TPSA) is 21.6 Å². The van der Waals surface area contributed by atoms with Crippen LogP contribution in [0, 0.1) is 0 Å². The molecule has 1 aromatic carbocycles. The monoisotopic (exact) mass is 261 g/mol. The van der Waals surface area contributed by atoms with Gasteiger partial charge in [-0.2, -0.15) is 0 Å². The van der Waals surface area contributed by atoms with Crippen molar-refractivity contribution < 1.29 is 4.84 Å². The highest BCUT2D eigenvalue weighted by atomic mass is 79.9. The maximum Gasteiger partial charge on any atom is 0.106 e. The largest absolute Gasteiger partial charge is 0.399 e. The van der Waals surface area contributed by atoms with Crippen LogP contribution in [0.2, 0.25) is 5.02 Å². The predicted octanol–water partition coefficient (Wildman–Crippen LogP) is 3.09. The molecule has 2 nitrogen and oxygen atoms in total. The zero-order valence-electron chi connectivity index (χ0n) is 7.13. The van der Waals surface area contributed by atoms with Crippen LogP contribution in [-0.4, -0.2) is 18.2 Å². The molecule has 13 heavy (non-hydrogen) atoms. The predicted molar refractivity (Wildman–Crippen MR) is 58.8 cm³/mol. The van der Waals surface area contributed by atoms with E-state index in [0.29, 0.717) is 5.33 Å². The van der Waals surface area contributed by atoms with Gasteiger partial charge in [-0.05, 0) is 12.1 Å². The molecule has 0 aromatic heterocycles. The molecule has 0 saturated carbocycles. The number of oxime groups is 1. The fourth-order valence-corrected chi connectivity index (χ4v) is 1.46. The molecule has 70 valence electrons. The third-order valence-corrected chi connectivity index (χ3v) is 2.29. The minimum Gasteiger partial charge on any atom is -0.399 e. The first-order valence-corrected chi connectivity index (χ1v) is 5.20. The first-order chi connectivity index (χ1) is 6.27. The van der Waals surface area contributed by atoms with Crippen LogP contribution in [0.15, 0.2) is 29.4 Å². The summed E-state index contributed by atoms with van der Waals surface area (Å²) in [5.41, 5.74) is 1.85. The minimum absolute atomic E-state index is 0.655. The summed E-state index contributed by atoms with van der Waals surface area (Å²) in [6, 6.07) is 7.46. The molecule has 0 spiro atoms. The molecule has 0 aliphatic rings. The molecule has 0 aliphatic carbocycles. The van der Waals surface area contributed by atoms with Gasteiger partial charge in [-0.1, -0.05) is 44.8 Å². The van der Waals surface area contributed by atoms with Crippen molar-refractivity contribution in [3.63, 3.8) is 0 Å². The van der Waals surface area contributed by atoms with E-state index in [-0.39, 0.29) is 0 Å². The van der Waals surface area contributed by atoms with Crippen LogP contribution in [0.5, 0.6) is 0 Å². The van der Waals surface area contributed by atoms with E-state index in [1.54, 1.807) is 0 Å². The number of hydrogen-bond donors (Lipinski definition) is 0. The Morgan fingerprint density at radius 1 is 1.46 bits per heavy atom. The molecular formula is C9H9BrClNO. The van der Waals surface area contributed by atoms with Gasteiger partial charge < -0.3 is 4.84 Å². The van der Waals surface area contributed by atoms with Gasteiger partial charge in [0.15, 0.2) is 0 Å². The molecule has 0 radical (unpaired) electrons. The average molecular weight is 263 g/mol. The first-order valence-electron chi connectivity index (χ1n) is 3.70. The second kappa shape index (κ2) is 5.25. The summed E-state index contributed by atoms with van der Waals surface area (Å²) < 4.78 is 0. The Bertz CT molecular complexity index is 297. The molecule has 1 aromatic rings. The minimum atomic E-state index is 0.655. The Labute approximate surface area is 90.7 Å². The Hall–Kier alpha value is -0.540. The molecule has 0 fully saturated rings. The van der Waals surface area contributed by atoms with Gasteiger partial charge >= 0.3 is 0 Å². The van der Waals surface area contributed by atoms with Crippen LogP contribution < -0.4 is 0 Å². The van der Waals surface area contributed by atoms with Crippen LogP contribution in [0.4, 0.5) is 0 Å².